The van der Waals surface area contributed by atoms with Crippen LogP contribution in [0.3, 0.4) is 0 Å². The number of aromatic nitrogens is 2. The van der Waals surface area contributed by atoms with Gasteiger partial charge in [0, 0.05) is 64.2 Å². The lowest BCUT2D eigenvalue weighted by Gasteiger charge is -2.58. The number of nitrogens with zero attached hydrogens (tertiary/aromatic N) is 6. The maximum absolute atomic E-state index is 12.7. The van der Waals surface area contributed by atoms with Crippen LogP contribution in [0.25, 0.3) is 0 Å². The Labute approximate surface area is 199 Å². The van der Waals surface area contributed by atoms with Gasteiger partial charge in [-0.05, 0) is 18.4 Å². The zero-order valence-electron chi connectivity index (χ0n) is 19.3. The number of ether oxygens (including phenoxy) is 1. The van der Waals surface area contributed by atoms with Crippen LogP contribution in [-0.2, 0) is 16.1 Å². The first-order chi connectivity index (χ1) is 16.6. The summed E-state index contributed by atoms with van der Waals surface area (Å²) in [6.45, 7) is 6.45. The van der Waals surface area contributed by atoms with Gasteiger partial charge >= 0.3 is 6.09 Å². The topological polar surface area (TPSA) is 82.1 Å². The standard InChI is InChI=1S/C25H30N6O3/c32-22-6-7-31(22)20-14-26-23(27-15-20)29-8-10-30(11-9-29)24(33)34-21-12-25(13-21)17-28(18-25)16-19-4-2-1-3-5-19/h1-5,14-15,21H,6-13,16-18H2. The lowest BCUT2D eigenvalue weighted by atomic mass is 9.61. The van der Waals surface area contributed by atoms with Crippen LogP contribution in [0.4, 0.5) is 16.4 Å². The Morgan fingerprint density at radius 1 is 1.00 bits per heavy atom. The van der Waals surface area contributed by atoms with Gasteiger partial charge in [0.05, 0.1) is 18.1 Å². The Bertz CT molecular complexity index is 1040. The first-order valence-corrected chi connectivity index (χ1v) is 12.2. The number of amides is 2. The van der Waals surface area contributed by atoms with Gasteiger partial charge in [-0.2, -0.15) is 0 Å². The number of carbonyl (C=O) groups excluding carboxylic acids is 2. The second-order valence-electron chi connectivity index (χ2n) is 10.1. The highest BCUT2D eigenvalue weighted by Crippen LogP contribution is 2.50. The lowest BCUT2D eigenvalue weighted by molar-refractivity contribution is -0.136. The minimum Gasteiger partial charge on any atom is -0.446 e. The van der Waals surface area contributed by atoms with Crippen LogP contribution in [0.15, 0.2) is 42.7 Å². The molecular formula is C25H30N6O3. The fourth-order valence-electron chi connectivity index (χ4n) is 5.61. The highest BCUT2D eigenvalue weighted by molar-refractivity contribution is 5.99. The van der Waals surface area contributed by atoms with Crippen LogP contribution in [0.5, 0.6) is 0 Å². The molecule has 4 heterocycles. The molecule has 2 aromatic rings. The molecule has 1 spiro atoms. The monoisotopic (exact) mass is 462 g/mol. The molecule has 1 aliphatic carbocycles. The zero-order chi connectivity index (χ0) is 23.1. The molecule has 4 fully saturated rings. The molecule has 0 bridgehead atoms. The van der Waals surface area contributed by atoms with Gasteiger partial charge in [-0.15, -0.1) is 0 Å². The van der Waals surface area contributed by atoms with Crippen molar-refractivity contribution >= 4 is 23.6 Å². The number of likely N-dealkylation sites (tertiary alicyclic amines) is 1. The molecule has 2 amide bonds. The summed E-state index contributed by atoms with van der Waals surface area (Å²) >= 11 is 0. The molecule has 0 atom stereocenters. The Hall–Kier alpha value is -3.20. The number of hydrogen-bond donors (Lipinski definition) is 0. The molecule has 34 heavy (non-hydrogen) atoms. The molecular weight excluding hydrogens is 432 g/mol. The van der Waals surface area contributed by atoms with Crippen LogP contribution in [-0.4, -0.2) is 83.7 Å². The number of piperazine rings is 1. The Morgan fingerprint density at radius 2 is 1.71 bits per heavy atom. The third-order valence-corrected chi connectivity index (χ3v) is 7.56. The SMILES string of the molecule is O=C(OC1CC2(C1)CN(Cc1ccccc1)C2)N1CCN(c2ncc(N3CCC3=O)cn2)CC1. The first kappa shape index (κ1) is 21.3. The molecule has 3 saturated heterocycles. The molecule has 9 nitrogen and oxygen atoms in total. The van der Waals surface area contributed by atoms with Crippen molar-refractivity contribution in [2.45, 2.75) is 31.9 Å². The minimum absolute atomic E-state index is 0.0458. The summed E-state index contributed by atoms with van der Waals surface area (Å²) in [5.74, 6) is 0.749. The molecule has 1 aromatic heterocycles. The second-order valence-corrected chi connectivity index (χ2v) is 10.1. The molecule has 1 aromatic carbocycles. The molecule has 1 saturated carbocycles. The van der Waals surface area contributed by atoms with Gasteiger partial charge in [0.2, 0.25) is 11.9 Å². The van der Waals surface area contributed by atoms with E-state index in [1.165, 1.54) is 5.56 Å². The van der Waals surface area contributed by atoms with Crippen molar-refractivity contribution in [3.05, 3.63) is 48.3 Å². The van der Waals surface area contributed by atoms with E-state index in [0.717, 1.165) is 44.7 Å². The van der Waals surface area contributed by atoms with E-state index in [1.807, 2.05) is 0 Å². The maximum atomic E-state index is 12.7. The summed E-state index contributed by atoms with van der Waals surface area (Å²) in [6.07, 6.45) is 5.79. The van der Waals surface area contributed by atoms with Crippen molar-refractivity contribution in [3.8, 4) is 0 Å². The van der Waals surface area contributed by atoms with Crippen LogP contribution in [0.1, 0.15) is 24.8 Å². The molecule has 3 aliphatic heterocycles. The quantitative estimate of drug-likeness (QED) is 0.630. The van der Waals surface area contributed by atoms with E-state index in [9.17, 15) is 9.59 Å². The maximum Gasteiger partial charge on any atom is 0.410 e. The van der Waals surface area contributed by atoms with E-state index in [4.69, 9.17) is 4.74 Å². The molecule has 6 rings (SSSR count). The fraction of sp³-hybridized carbons (Fsp3) is 0.520. The van der Waals surface area contributed by atoms with Crippen molar-refractivity contribution in [1.29, 1.82) is 0 Å². The van der Waals surface area contributed by atoms with Crippen LogP contribution < -0.4 is 9.80 Å². The van der Waals surface area contributed by atoms with Gasteiger partial charge in [0.1, 0.15) is 6.10 Å². The Morgan fingerprint density at radius 3 is 2.32 bits per heavy atom. The Balaban J connectivity index is 0.918. The molecule has 0 N–H and O–H groups in total. The largest absolute Gasteiger partial charge is 0.446 e. The first-order valence-electron chi connectivity index (χ1n) is 12.2. The van der Waals surface area contributed by atoms with Gasteiger partial charge < -0.3 is 19.4 Å². The van der Waals surface area contributed by atoms with Crippen LogP contribution >= 0.6 is 0 Å². The predicted octanol–water partition coefficient (Wildman–Crippen LogP) is 2.14. The highest BCUT2D eigenvalue weighted by Gasteiger charge is 2.53. The minimum atomic E-state index is -0.201. The van der Waals surface area contributed by atoms with E-state index in [0.29, 0.717) is 44.0 Å². The number of β-lactam (4-membered cyclic amide) rings is 1. The van der Waals surface area contributed by atoms with Gasteiger partial charge in [0.15, 0.2) is 0 Å². The van der Waals surface area contributed by atoms with Gasteiger partial charge in [-0.3, -0.25) is 9.69 Å². The summed E-state index contributed by atoms with van der Waals surface area (Å²) in [5.41, 5.74) is 2.45. The van der Waals surface area contributed by atoms with Gasteiger partial charge in [-0.25, -0.2) is 14.8 Å². The number of carbonyl (C=O) groups is 2. The number of benzene rings is 1. The van der Waals surface area contributed by atoms with E-state index < -0.39 is 0 Å². The molecule has 4 aliphatic rings. The van der Waals surface area contributed by atoms with Gasteiger partial charge in [0.25, 0.3) is 0 Å². The van der Waals surface area contributed by atoms with Crippen LogP contribution in [0.2, 0.25) is 0 Å². The van der Waals surface area contributed by atoms with E-state index in [-0.39, 0.29) is 18.1 Å². The molecule has 178 valence electrons. The summed E-state index contributed by atoms with van der Waals surface area (Å²) < 4.78 is 5.80. The number of anilines is 2. The summed E-state index contributed by atoms with van der Waals surface area (Å²) in [5, 5.41) is 0. The van der Waals surface area contributed by atoms with Gasteiger partial charge in [-0.1, -0.05) is 30.3 Å². The summed E-state index contributed by atoms with van der Waals surface area (Å²) in [7, 11) is 0. The smallest absolute Gasteiger partial charge is 0.410 e. The zero-order valence-corrected chi connectivity index (χ0v) is 19.3. The fourth-order valence-corrected chi connectivity index (χ4v) is 5.61. The summed E-state index contributed by atoms with van der Waals surface area (Å²) in [4.78, 5) is 41.1. The van der Waals surface area contributed by atoms with Crippen molar-refractivity contribution in [1.82, 2.24) is 19.8 Å². The average Bonchev–Trinajstić information content (AvgIpc) is 2.81. The van der Waals surface area contributed by atoms with Crippen molar-refractivity contribution in [2.75, 3.05) is 55.6 Å². The van der Waals surface area contributed by atoms with E-state index in [1.54, 1.807) is 22.2 Å². The average molecular weight is 463 g/mol. The van der Waals surface area contributed by atoms with Crippen LogP contribution in [0, 0.1) is 5.41 Å². The van der Waals surface area contributed by atoms with E-state index >= 15 is 0 Å². The third-order valence-electron chi connectivity index (χ3n) is 7.56. The summed E-state index contributed by atoms with van der Waals surface area (Å²) in [6, 6.07) is 10.6. The van der Waals surface area contributed by atoms with Crippen molar-refractivity contribution in [2.24, 2.45) is 5.41 Å². The second kappa shape index (κ2) is 8.54. The molecule has 0 radical (unpaired) electrons. The molecule has 0 unspecified atom stereocenters. The number of rotatable bonds is 5. The number of hydrogen-bond acceptors (Lipinski definition) is 7. The van der Waals surface area contributed by atoms with Crippen molar-refractivity contribution in [3.63, 3.8) is 0 Å². The predicted molar refractivity (Wildman–Crippen MR) is 126 cm³/mol. The normalized spacial score (nSPS) is 22.2. The van der Waals surface area contributed by atoms with Crippen molar-refractivity contribution < 1.29 is 14.3 Å². The third kappa shape index (κ3) is 4.09. The highest BCUT2D eigenvalue weighted by atomic mass is 16.6. The van der Waals surface area contributed by atoms with E-state index in [2.05, 4.69) is 50.1 Å². The lowest BCUT2D eigenvalue weighted by Crippen LogP contribution is -2.64. The Kier molecular flexibility index (Phi) is 5.36. The molecule has 9 heteroatoms.